The van der Waals surface area contributed by atoms with Crippen LogP contribution in [0.5, 0.6) is 0 Å². The molecule has 2 heterocycles. The molecule has 2 nitrogen and oxygen atoms in total. The van der Waals surface area contributed by atoms with Gasteiger partial charge in [0.25, 0.3) is 0 Å². The molecule has 0 radical (unpaired) electrons. The van der Waals surface area contributed by atoms with E-state index in [1.807, 2.05) is 0 Å². The highest BCUT2D eigenvalue weighted by Crippen LogP contribution is 2.43. The van der Waals surface area contributed by atoms with Crippen molar-refractivity contribution in [3.05, 3.63) is 241 Å². The van der Waals surface area contributed by atoms with Crippen molar-refractivity contribution in [1.82, 2.24) is 9.13 Å². The van der Waals surface area contributed by atoms with E-state index in [0.29, 0.717) is 0 Å². The normalized spacial score (nSPS) is 15.5. The molecule has 0 bridgehead atoms. The summed E-state index contributed by atoms with van der Waals surface area (Å²) in [7, 11) is 0. The topological polar surface area (TPSA) is 9.86 Å². The van der Waals surface area contributed by atoms with Crippen LogP contribution in [0.1, 0.15) is 41.9 Å². The first-order valence-electron chi connectivity index (χ1n) is 21.9. The second-order valence-electron chi connectivity index (χ2n) is 16.8. The van der Waals surface area contributed by atoms with Crippen molar-refractivity contribution in [3.8, 4) is 22.3 Å². The first kappa shape index (κ1) is 36.2. The Bertz CT molecular complexity index is 3450. The van der Waals surface area contributed by atoms with E-state index in [1.165, 1.54) is 105 Å². The van der Waals surface area contributed by atoms with Crippen molar-refractivity contribution in [2.75, 3.05) is 0 Å². The zero-order chi connectivity index (χ0) is 41.0. The van der Waals surface area contributed by atoms with Crippen molar-refractivity contribution in [2.24, 2.45) is 0 Å². The summed E-state index contributed by atoms with van der Waals surface area (Å²) in [5.41, 5.74) is 19.1. The third-order valence-corrected chi connectivity index (χ3v) is 13.2. The first-order valence-corrected chi connectivity index (χ1v) is 21.9. The van der Waals surface area contributed by atoms with E-state index < -0.39 is 0 Å². The van der Waals surface area contributed by atoms with E-state index in [4.69, 9.17) is 0 Å². The molecular formula is C60H44N2. The van der Waals surface area contributed by atoms with Crippen LogP contribution in [-0.4, -0.2) is 9.13 Å². The average molecular weight is 793 g/mol. The van der Waals surface area contributed by atoms with Gasteiger partial charge in [-0.15, -0.1) is 0 Å². The summed E-state index contributed by atoms with van der Waals surface area (Å²) in [6, 6.07) is 73.5. The molecule has 2 aromatic heterocycles. The van der Waals surface area contributed by atoms with Crippen LogP contribution >= 0.6 is 0 Å². The van der Waals surface area contributed by atoms with Crippen molar-refractivity contribution >= 4 is 66.2 Å². The molecule has 2 heteroatoms. The van der Waals surface area contributed by atoms with E-state index in [1.54, 1.807) is 0 Å². The Morgan fingerprint density at radius 3 is 1.44 bits per heavy atom. The fourth-order valence-electron chi connectivity index (χ4n) is 10.2. The fourth-order valence-corrected chi connectivity index (χ4v) is 10.2. The molecule has 0 saturated heterocycles. The molecule has 1 atom stereocenters. The van der Waals surface area contributed by atoms with Crippen LogP contribution in [-0.2, 0) is 0 Å². The van der Waals surface area contributed by atoms with Gasteiger partial charge in [-0.1, -0.05) is 176 Å². The van der Waals surface area contributed by atoms with Gasteiger partial charge >= 0.3 is 0 Å². The number of rotatable bonds is 7. The molecule has 0 spiro atoms. The first-order chi connectivity index (χ1) is 30.7. The maximum atomic E-state index is 2.52. The molecule has 0 saturated carbocycles. The Balaban J connectivity index is 0.923. The van der Waals surface area contributed by atoms with E-state index in [-0.39, 0.29) is 5.92 Å². The molecule has 2 aliphatic carbocycles. The van der Waals surface area contributed by atoms with Crippen LogP contribution in [0.3, 0.4) is 0 Å². The van der Waals surface area contributed by atoms with Crippen LogP contribution in [0, 0.1) is 0 Å². The predicted octanol–water partition coefficient (Wildman–Crippen LogP) is 16.1. The average Bonchev–Trinajstić information content (AvgIpc) is 3.87. The summed E-state index contributed by atoms with van der Waals surface area (Å²) in [6.45, 7) is 0. The summed E-state index contributed by atoms with van der Waals surface area (Å²) < 4.78 is 5.02. The Labute approximate surface area is 362 Å². The number of benzene rings is 8. The van der Waals surface area contributed by atoms with Gasteiger partial charge < -0.3 is 9.13 Å². The molecule has 2 aliphatic rings. The zero-order valence-corrected chi connectivity index (χ0v) is 34.5. The molecule has 0 amide bonds. The largest absolute Gasteiger partial charge is 0.313 e. The molecule has 0 fully saturated rings. The van der Waals surface area contributed by atoms with Crippen LogP contribution in [0.2, 0.25) is 0 Å². The summed E-state index contributed by atoms with van der Waals surface area (Å²) >= 11 is 0. The summed E-state index contributed by atoms with van der Waals surface area (Å²) in [4.78, 5) is 0. The number of hydrogen-bond acceptors (Lipinski definition) is 0. The van der Waals surface area contributed by atoms with Crippen LogP contribution < -0.4 is 0 Å². The lowest BCUT2D eigenvalue weighted by Gasteiger charge is -2.24. The lowest BCUT2D eigenvalue weighted by molar-refractivity contribution is 0.840. The minimum atomic E-state index is 0.274. The highest BCUT2D eigenvalue weighted by Gasteiger charge is 2.23. The smallest absolute Gasteiger partial charge is 0.0538 e. The van der Waals surface area contributed by atoms with Crippen molar-refractivity contribution in [3.63, 3.8) is 0 Å². The minimum Gasteiger partial charge on any atom is -0.313 e. The molecule has 62 heavy (non-hydrogen) atoms. The van der Waals surface area contributed by atoms with Crippen LogP contribution in [0.25, 0.3) is 88.4 Å². The Morgan fingerprint density at radius 1 is 0.355 bits per heavy atom. The van der Waals surface area contributed by atoms with Gasteiger partial charge in [-0.05, 0) is 118 Å². The molecule has 12 rings (SSSR count). The van der Waals surface area contributed by atoms with Crippen molar-refractivity contribution in [2.45, 2.75) is 25.2 Å². The maximum absolute atomic E-state index is 2.52. The Morgan fingerprint density at radius 2 is 0.839 bits per heavy atom. The number of hydrogen-bond donors (Lipinski definition) is 0. The van der Waals surface area contributed by atoms with Gasteiger partial charge in [-0.2, -0.15) is 0 Å². The van der Waals surface area contributed by atoms with Gasteiger partial charge in [-0.25, -0.2) is 0 Å². The molecule has 1 unspecified atom stereocenters. The van der Waals surface area contributed by atoms with Crippen molar-refractivity contribution in [1.29, 1.82) is 0 Å². The minimum absolute atomic E-state index is 0.274. The Kier molecular flexibility index (Phi) is 8.81. The van der Waals surface area contributed by atoms with E-state index in [9.17, 15) is 0 Å². The fraction of sp³-hybridized carbons (Fsp3) is 0.0667. The van der Waals surface area contributed by atoms with Crippen LogP contribution in [0.4, 0.5) is 0 Å². The van der Waals surface area contributed by atoms with Crippen molar-refractivity contribution < 1.29 is 0 Å². The molecule has 0 aliphatic heterocycles. The number of para-hydroxylation sites is 2. The van der Waals surface area contributed by atoms with E-state index in [0.717, 1.165) is 19.3 Å². The van der Waals surface area contributed by atoms with E-state index >= 15 is 0 Å². The summed E-state index contributed by atoms with van der Waals surface area (Å²) in [5.74, 6) is 0.274. The predicted molar refractivity (Wildman–Crippen MR) is 264 cm³/mol. The SMILES string of the molecule is C1=C(c2ccccc2)C=C(n2c3ccccc3c3cc(-c4ccc5c(c4)c4ccccc4n5C4=CC=C(c5ccc(-c6ccccc6)cc5)CC4)ccc32)CC1c1ccccc1. The number of nitrogens with zero attached hydrogens (tertiary/aromatic N) is 2. The quantitative estimate of drug-likeness (QED) is 0.152. The van der Waals surface area contributed by atoms with Gasteiger partial charge in [0.15, 0.2) is 0 Å². The second kappa shape index (κ2) is 15.1. The number of allylic oxidation sites excluding steroid dienone is 8. The molecular weight excluding hydrogens is 749 g/mol. The van der Waals surface area contributed by atoms with Gasteiger partial charge in [0.05, 0.1) is 22.1 Å². The standard InChI is InChI=1S/C60H44N2/c1-4-14-41(15-5-1)44-24-26-45(27-25-44)46-28-32-51(33-29-46)61-57-22-12-10-20-53(57)55-39-47(30-34-59(55)61)48-31-35-60-56(40-48)54-21-11-13-23-58(54)62(60)52-37-49(42-16-6-2-7-17-42)36-50(38-52)43-18-8-3-9-19-43/h1-28,30-32,34-37,39-40,50H,29,33,38H2. The number of fused-ring (bicyclic) bond motifs is 6. The van der Waals surface area contributed by atoms with Gasteiger partial charge in [0.2, 0.25) is 0 Å². The molecule has 0 N–H and O–H groups in total. The highest BCUT2D eigenvalue weighted by atomic mass is 15.0. The second-order valence-corrected chi connectivity index (χ2v) is 16.8. The third-order valence-electron chi connectivity index (χ3n) is 13.2. The van der Waals surface area contributed by atoms with Crippen LogP contribution in [0.15, 0.2) is 224 Å². The highest BCUT2D eigenvalue weighted by molar-refractivity contribution is 6.13. The summed E-state index contributed by atoms with van der Waals surface area (Å²) in [5, 5.41) is 5.12. The van der Waals surface area contributed by atoms with Gasteiger partial charge in [0.1, 0.15) is 0 Å². The zero-order valence-electron chi connectivity index (χ0n) is 34.5. The maximum Gasteiger partial charge on any atom is 0.0538 e. The lowest BCUT2D eigenvalue weighted by Crippen LogP contribution is -2.08. The third kappa shape index (κ3) is 6.26. The molecule has 8 aromatic carbocycles. The summed E-state index contributed by atoms with van der Waals surface area (Å²) in [6.07, 6.45) is 12.5. The van der Waals surface area contributed by atoms with E-state index in [2.05, 4.69) is 234 Å². The number of aromatic nitrogens is 2. The van der Waals surface area contributed by atoms with Gasteiger partial charge in [0, 0.05) is 38.9 Å². The monoisotopic (exact) mass is 792 g/mol. The lowest BCUT2D eigenvalue weighted by atomic mass is 9.85. The molecule has 10 aromatic rings. The van der Waals surface area contributed by atoms with Gasteiger partial charge in [-0.3, -0.25) is 0 Å². The Hall–Kier alpha value is -7.68. The molecule has 294 valence electrons.